The fourth-order valence-corrected chi connectivity index (χ4v) is 2.91. The number of hydrogen-bond donors (Lipinski definition) is 0. The highest BCUT2D eigenvalue weighted by Gasteiger charge is 2.34. The van der Waals surface area contributed by atoms with Crippen LogP contribution in [0.2, 0.25) is 0 Å². The maximum absolute atomic E-state index is 5.72. The molecule has 1 atom stereocenters. The third-order valence-corrected chi connectivity index (χ3v) is 4.05. The van der Waals surface area contributed by atoms with Crippen LogP contribution in [0.1, 0.15) is 38.7 Å². The lowest BCUT2D eigenvalue weighted by Crippen LogP contribution is -2.47. The minimum absolute atomic E-state index is 0.0325. The first-order valence-electron chi connectivity index (χ1n) is 6.89. The van der Waals surface area contributed by atoms with Gasteiger partial charge in [-0.05, 0) is 38.8 Å². The number of piperidine rings is 1. The molecule has 18 heavy (non-hydrogen) atoms. The van der Waals surface area contributed by atoms with E-state index in [1.165, 1.54) is 31.4 Å². The molecule has 1 saturated heterocycles. The quantitative estimate of drug-likeness (QED) is 0.729. The largest absolute Gasteiger partial charge is 0.295 e. The van der Waals surface area contributed by atoms with Gasteiger partial charge in [-0.15, -0.1) is 6.42 Å². The van der Waals surface area contributed by atoms with Crippen molar-refractivity contribution < 1.29 is 0 Å². The molecule has 0 spiro atoms. The second kappa shape index (κ2) is 5.59. The summed E-state index contributed by atoms with van der Waals surface area (Å²) in [7, 11) is 0. The Labute approximate surface area is 111 Å². The molecule has 1 aromatic carbocycles. The highest BCUT2D eigenvalue weighted by molar-refractivity contribution is 5.16. The highest BCUT2D eigenvalue weighted by atomic mass is 15.2. The summed E-state index contributed by atoms with van der Waals surface area (Å²) in [4.78, 5) is 2.57. The van der Waals surface area contributed by atoms with Crippen LogP contribution in [0.4, 0.5) is 0 Å². The Morgan fingerprint density at radius 2 is 2.00 bits per heavy atom. The maximum Gasteiger partial charge on any atom is 0.0411 e. The third-order valence-electron chi connectivity index (χ3n) is 4.05. The Morgan fingerprint density at radius 3 is 2.67 bits per heavy atom. The van der Waals surface area contributed by atoms with Gasteiger partial charge in [0, 0.05) is 18.0 Å². The van der Waals surface area contributed by atoms with Crippen LogP contribution in [0.25, 0.3) is 0 Å². The predicted octanol–water partition coefficient (Wildman–Crippen LogP) is 3.70. The van der Waals surface area contributed by atoms with Crippen molar-refractivity contribution in [1.82, 2.24) is 4.90 Å². The number of rotatable bonds is 3. The molecule has 0 N–H and O–H groups in total. The van der Waals surface area contributed by atoms with Gasteiger partial charge in [-0.25, -0.2) is 0 Å². The van der Waals surface area contributed by atoms with Gasteiger partial charge in [0.2, 0.25) is 0 Å². The molecular formula is C17H23N. The molecule has 1 aliphatic heterocycles. The van der Waals surface area contributed by atoms with Gasteiger partial charge < -0.3 is 0 Å². The number of benzene rings is 1. The molecule has 1 fully saturated rings. The lowest BCUT2D eigenvalue weighted by Gasteiger charge is -2.42. The zero-order chi connectivity index (χ0) is 13.0. The molecule has 0 radical (unpaired) electrons. The molecular weight excluding hydrogens is 218 g/mol. The topological polar surface area (TPSA) is 3.24 Å². The first-order valence-corrected chi connectivity index (χ1v) is 6.89. The van der Waals surface area contributed by atoms with Crippen LogP contribution >= 0.6 is 0 Å². The van der Waals surface area contributed by atoms with Gasteiger partial charge >= 0.3 is 0 Å². The Morgan fingerprint density at radius 1 is 1.28 bits per heavy atom. The Bertz CT molecular complexity index is 413. The standard InChI is InChI=1S/C17H23N/c1-4-17(2,3)16-12-8-9-13-18(16)14-15-10-6-5-7-11-15/h1,5-7,10-11,16H,8-9,12-14H2,2-3H3. The normalized spacial score (nSPS) is 21.5. The Kier molecular flexibility index (Phi) is 4.09. The van der Waals surface area contributed by atoms with E-state index < -0.39 is 0 Å². The summed E-state index contributed by atoms with van der Waals surface area (Å²) in [5, 5.41) is 0. The van der Waals surface area contributed by atoms with Gasteiger partial charge in [-0.3, -0.25) is 4.90 Å². The van der Waals surface area contributed by atoms with Crippen molar-refractivity contribution in [3.8, 4) is 12.3 Å². The number of terminal acetylenes is 1. The monoisotopic (exact) mass is 241 g/mol. The van der Waals surface area contributed by atoms with Crippen molar-refractivity contribution in [3.05, 3.63) is 35.9 Å². The van der Waals surface area contributed by atoms with E-state index in [2.05, 4.69) is 55.0 Å². The predicted molar refractivity (Wildman–Crippen MR) is 77.1 cm³/mol. The molecule has 1 unspecified atom stereocenters. The van der Waals surface area contributed by atoms with Gasteiger partial charge in [-0.1, -0.05) is 42.7 Å². The van der Waals surface area contributed by atoms with Crippen LogP contribution in [-0.2, 0) is 6.54 Å². The molecule has 1 heteroatoms. The van der Waals surface area contributed by atoms with E-state index in [0.29, 0.717) is 6.04 Å². The fraction of sp³-hybridized carbons (Fsp3) is 0.529. The summed E-state index contributed by atoms with van der Waals surface area (Å²) in [6.07, 6.45) is 9.54. The van der Waals surface area contributed by atoms with Gasteiger partial charge in [0.1, 0.15) is 0 Å². The molecule has 0 bridgehead atoms. The van der Waals surface area contributed by atoms with E-state index in [0.717, 1.165) is 6.54 Å². The van der Waals surface area contributed by atoms with E-state index >= 15 is 0 Å². The molecule has 1 heterocycles. The highest BCUT2D eigenvalue weighted by Crippen LogP contribution is 2.32. The summed E-state index contributed by atoms with van der Waals surface area (Å²) in [5.41, 5.74) is 1.35. The number of likely N-dealkylation sites (tertiary alicyclic amines) is 1. The van der Waals surface area contributed by atoms with Crippen LogP contribution in [0, 0.1) is 17.8 Å². The summed E-state index contributed by atoms with van der Waals surface area (Å²) in [5.74, 6) is 2.99. The van der Waals surface area contributed by atoms with Crippen molar-refractivity contribution in [2.24, 2.45) is 5.41 Å². The SMILES string of the molecule is C#CC(C)(C)C1CCCCN1Cc1ccccc1. The van der Waals surface area contributed by atoms with Crippen molar-refractivity contribution in [2.75, 3.05) is 6.54 Å². The van der Waals surface area contributed by atoms with Crippen LogP contribution in [0.3, 0.4) is 0 Å². The van der Waals surface area contributed by atoms with Gasteiger partial charge in [0.15, 0.2) is 0 Å². The molecule has 0 amide bonds. The summed E-state index contributed by atoms with van der Waals surface area (Å²) in [6, 6.07) is 11.2. The van der Waals surface area contributed by atoms with E-state index in [4.69, 9.17) is 6.42 Å². The molecule has 0 aliphatic carbocycles. The third kappa shape index (κ3) is 2.94. The molecule has 1 aliphatic rings. The second-order valence-electron chi connectivity index (χ2n) is 5.83. The molecule has 0 saturated carbocycles. The average molecular weight is 241 g/mol. The van der Waals surface area contributed by atoms with E-state index in [9.17, 15) is 0 Å². The first-order chi connectivity index (χ1) is 8.63. The average Bonchev–Trinajstić information content (AvgIpc) is 2.40. The van der Waals surface area contributed by atoms with Crippen molar-refractivity contribution in [3.63, 3.8) is 0 Å². The van der Waals surface area contributed by atoms with E-state index in [-0.39, 0.29) is 5.41 Å². The number of nitrogens with zero attached hydrogens (tertiary/aromatic N) is 1. The second-order valence-corrected chi connectivity index (χ2v) is 5.83. The minimum Gasteiger partial charge on any atom is -0.295 e. The molecule has 0 aromatic heterocycles. The van der Waals surface area contributed by atoms with Crippen molar-refractivity contribution in [2.45, 2.75) is 45.7 Å². The van der Waals surface area contributed by atoms with Gasteiger partial charge in [0.25, 0.3) is 0 Å². The van der Waals surface area contributed by atoms with Gasteiger partial charge in [0.05, 0.1) is 0 Å². The maximum atomic E-state index is 5.72. The summed E-state index contributed by atoms with van der Waals surface area (Å²) < 4.78 is 0. The molecule has 1 aromatic rings. The lowest BCUT2D eigenvalue weighted by atomic mass is 9.79. The van der Waals surface area contributed by atoms with E-state index in [1.807, 2.05) is 0 Å². The van der Waals surface area contributed by atoms with E-state index in [1.54, 1.807) is 0 Å². The van der Waals surface area contributed by atoms with Gasteiger partial charge in [-0.2, -0.15) is 0 Å². The van der Waals surface area contributed by atoms with Crippen LogP contribution < -0.4 is 0 Å². The zero-order valence-corrected chi connectivity index (χ0v) is 11.5. The zero-order valence-electron chi connectivity index (χ0n) is 11.5. The van der Waals surface area contributed by atoms with Crippen molar-refractivity contribution >= 4 is 0 Å². The lowest BCUT2D eigenvalue weighted by molar-refractivity contribution is 0.0767. The number of hydrogen-bond acceptors (Lipinski definition) is 1. The Hall–Kier alpha value is -1.26. The summed E-state index contributed by atoms with van der Waals surface area (Å²) >= 11 is 0. The molecule has 96 valence electrons. The smallest absolute Gasteiger partial charge is 0.0411 e. The first kappa shape index (κ1) is 13.2. The van der Waals surface area contributed by atoms with Crippen LogP contribution in [-0.4, -0.2) is 17.5 Å². The minimum atomic E-state index is -0.0325. The van der Waals surface area contributed by atoms with Crippen LogP contribution in [0.15, 0.2) is 30.3 Å². The summed E-state index contributed by atoms with van der Waals surface area (Å²) in [6.45, 7) is 6.59. The fourth-order valence-electron chi connectivity index (χ4n) is 2.91. The van der Waals surface area contributed by atoms with Crippen molar-refractivity contribution in [1.29, 1.82) is 0 Å². The molecule has 1 nitrogen and oxygen atoms in total. The van der Waals surface area contributed by atoms with Crippen LogP contribution in [0.5, 0.6) is 0 Å². The Balaban J connectivity index is 2.12. The molecule has 2 rings (SSSR count).